The van der Waals surface area contributed by atoms with Crippen LogP contribution in [0.4, 0.5) is 0 Å². The van der Waals surface area contributed by atoms with Crippen molar-refractivity contribution in [3.8, 4) is 28.4 Å². The van der Waals surface area contributed by atoms with Crippen molar-refractivity contribution in [2.24, 2.45) is 5.10 Å². The topological polar surface area (TPSA) is 80.2 Å². The minimum atomic E-state index is -0.322. The third-order valence-electron chi connectivity index (χ3n) is 4.13. The van der Waals surface area contributed by atoms with E-state index >= 15 is 0 Å². The lowest BCUT2D eigenvalue weighted by atomic mass is 10.0. The van der Waals surface area contributed by atoms with Crippen molar-refractivity contribution >= 4 is 12.1 Å². The van der Waals surface area contributed by atoms with E-state index in [0.717, 1.165) is 16.9 Å². The quantitative estimate of drug-likeness (QED) is 0.506. The Bertz CT molecular complexity index is 998. The summed E-state index contributed by atoms with van der Waals surface area (Å²) in [5.41, 5.74) is 5.58. The second kappa shape index (κ2) is 8.73. The molecule has 0 aliphatic carbocycles. The molecule has 3 aromatic carbocycles. The lowest BCUT2D eigenvalue weighted by Crippen LogP contribution is -2.17. The molecule has 0 radical (unpaired) electrons. The van der Waals surface area contributed by atoms with Gasteiger partial charge < -0.3 is 14.6 Å². The van der Waals surface area contributed by atoms with Crippen LogP contribution >= 0.6 is 0 Å². The van der Waals surface area contributed by atoms with Crippen molar-refractivity contribution in [3.05, 3.63) is 77.9 Å². The highest BCUT2D eigenvalue weighted by Gasteiger charge is 2.07. The second-order valence-electron chi connectivity index (χ2n) is 5.94. The molecule has 0 unspecified atom stereocenters. The number of amides is 1. The van der Waals surface area contributed by atoms with Crippen molar-refractivity contribution in [1.29, 1.82) is 0 Å². The summed E-state index contributed by atoms with van der Waals surface area (Å²) in [4.78, 5) is 12.4. The van der Waals surface area contributed by atoms with Crippen LogP contribution in [0.3, 0.4) is 0 Å². The average molecular weight is 376 g/mol. The summed E-state index contributed by atoms with van der Waals surface area (Å²) in [6.45, 7) is 0. The summed E-state index contributed by atoms with van der Waals surface area (Å²) in [6.07, 6.45) is 1.48. The van der Waals surface area contributed by atoms with Crippen LogP contribution in [0, 0.1) is 0 Å². The lowest BCUT2D eigenvalue weighted by molar-refractivity contribution is 0.0955. The fourth-order valence-electron chi connectivity index (χ4n) is 2.63. The van der Waals surface area contributed by atoms with Crippen molar-refractivity contribution < 1.29 is 19.4 Å². The smallest absolute Gasteiger partial charge is 0.271 e. The summed E-state index contributed by atoms with van der Waals surface area (Å²) in [6, 6.07) is 19.7. The summed E-state index contributed by atoms with van der Waals surface area (Å²) in [7, 11) is 3.09. The van der Waals surface area contributed by atoms with E-state index < -0.39 is 0 Å². The molecule has 0 atom stereocenters. The van der Waals surface area contributed by atoms with Gasteiger partial charge in [-0.1, -0.05) is 24.3 Å². The van der Waals surface area contributed by atoms with E-state index in [1.165, 1.54) is 19.4 Å². The van der Waals surface area contributed by atoms with E-state index in [2.05, 4.69) is 10.5 Å². The molecule has 2 N–H and O–H groups in total. The van der Waals surface area contributed by atoms with Gasteiger partial charge in [-0.25, -0.2) is 5.43 Å². The molecule has 0 spiro atoms. The van der Waals surface area contributed by atoms with Gasteiger partial charge in [-0.15, -0.1) is 0 Å². The van der Waals surface area contributed by atoms with Gasteiger partial charge in [-0.2, -0.15) is 5.10 Å². The zero-order valence-electron chi connectivity index (χ0n) is 15.5. The van der Waals surface area contributed by atoms with Crippen LogP contribution in [0.5, 0.6) is 17.2 Å². The number of phenols is 1. The van der Waals surface area contributed by atoms with Crippen LogP contribution in [-0.4, -0.2) is 31.4 Å². The van der Waals surface area contributed by atoms with Gasteiger partial charge in [0.2, 0.25) is 0 Å². The molecule has 142 valence electrons. The standard InChI is InChI=1S/C22H20N2O4/c1-27-19-9-7-16(8-10-19)17-4-3-5-18(13-17)22(26)24-23-14-15-6-11-20(25)21(12-15)28-2/h3-14,25H,1-2H3,(H,24,26). The van der Waals surface area contributed by atoms with Crippen molar-refractivity contribution in [2.45, 2.75) is 0 Å². The highest BCUT2D eigenvalue weighted by molar-refractivity contribution is 5.96. The molecule has 0 bridgehead atoms. The molecule has 3 aromatic rings. The molecule has 0 aromatic heterocycles. The number of ether oxygens (including phenoxy) is 2. The Balaban J connectivity index is 1.70. The first-order valence-corrected chi connectivity index (χ1v) is 8.55. The number of nitrogens with zero attached hydrogens (tertiary/aromatic N) is 1. The molecule has 0 aliphatic rings. The number of nitrogens with one attached hydrogen (secondary N) is 1. The van der Waals surface area contributed by atoms with Crippen molar-refractivity contribution in [3.63, 3.8) is 0 Å². The fourth-order valence-corrected chi connectivity index (χ4v) is 2.63. The molecular formula is C22H20N2O4. The minimum Gasteiger partial charge on any atom is -0.504 e. The molecule has 6 heteroatoms. The Hall–Kier alpha value is -3.80. The molecular weight excluding hydrogens is 356 g/mol. The molecule has 6 nitrogen and oxygen atoms in total. The van der Waals surface area contributed by atoms with Crippen molar-refractivity contribution in [2.75, 3.05) is 14.2 Å². The molecule has 0 aliphatic heterocycles. The van der Waals surface area contributed by atoms with E-state index in [0.29, 0.717) is 16.9 Å². The summed E-state index contributed by atoms with van der Waals surface area (Å²) < 4.78 is 10.2. The zero-order valence-corrected chi connectivity index (χ0v) is 15.5. The van der Waals surface area contributed by atoms with Gasteiger partial charge in [0, 0.05) is 5.56 Å². The predicted molar refractivity (Wildman–Crippen MR) is 108 cm³/mol. The van der Waals surface area contributed by atoms with Crippen LogP contribution in [0.25, 0.3) is 11.1 Å². The van der Waals surface area contributed by atoms with Crippen LogP contribution < -0.4 is 14.9 Å². The number of aromatic hydroxyl groups is 1. The first-order chi connectivity index (χ1) is 13.6. The van der Waals surface area contributed by atoms with Crippen LogP contribution in [0.15, 0.2) is 71.8 Å². The van der Waals surface area contributed by atoms with Gasteiger partial charge in [-0.05, 0) is 59.2 Å². The van der Waals surface area contributed by atoms with E-state index in [-0.39, 0.29) is 11.7 Å². The first-order valence-electron chi connectivity index (χ1n) is 8.55. The monoisotopic (exact) mass is 376 g/mol. The molecule has 0 saturated heterocycles. The number of phenolic OH excluding ortho intramolecular Hbond substituents is 1. The van der Waals surface area contributed by atoms with Gasteiger partial charge in [0.1, 0.15) is 5.75 Å². The Morgan fingerprint density at radius 3 is 2.46 bits per heavy atom. The maximum Gasteiger partial charge on any atom is 0.271 e. The van der Waals surface area contributed by atoms with E-state index in [9.17, 15) is 9.90 Å². The highest BCUT2D eigenvalue weighted by atomic mass is 16.5. The molecule has 3 rings (SSSR count). The number of hydrazone groups is 1. The van der Waals surface area contributed by atoms with Gasteiger partial charge in [-0.3, -0.25) is 4.79 Å². The normalized spacial score (nSPS) is 10.6. The van der Waals surface area contributed by atoms with Gasteiger partial charge >= 0.3 is 0 Å². The van der Waals surface area contributed by atoms with E-state index in [1.54, 1.807) is 31.4 Å². The summed E-state index contributed by atoms with van der Waals surface area (Å²) in [5.74, 6) is 0.830. The molecule has 0 fully saturated rings. The number of hydrogen-bond donors (Lipinski definition) is 2. The van der Waals surface area contributed by atoms with Gasteiger partial charge in [0.15, 0.2) is 11.5 Å². The van der Waals surface area contributed by atoms with E-state index in [1.807, 2.05) is 36.4 Å². The first kappa shape index (κ1) is 19.0. The number of carbonyl (C=O) groups is 1. The Kier molecular flexibility index (Phi) is 5.91. The van der Waals surface area contributed by atoms with Crippen molar-refractivity contribution in [1.82, 2.24) is 5.43 Å². The number of benzene rings is 3. The Morgan fingerprint density at radius 2 is 1.75 bits per heavy atom. The van der Waals surface area contributed by atoms with Gasteiger partial charge in [0.05, 0.1) is 20.4 Å². The number of carbonyl (C=O) groups excluding carboxylic acids is 1. The number of rotatable bonds is 6. The Labute approximate surface area is 163 Å². The molecule has 28 heavy (non-hydrogen) atoms. The average Bonchev–Trinajstić information content (AvgIpc) is 2.75. The predicted octanol–water partition coefficient (Wildman–Crippen LogP) is 3.84. The highest BCUT2D eigenvalue weighted by Crippen LogP contribution is 2.25. The molecule has 1 amide bonds. The fraction of sp³-hybridized carbons (Fsp3) is 0.0909. The van der Waals surface area contributed by atoms with Crippen LogP contribution in [-0.2, 0) is 0 Å². The summed E-state index contributed by atoms with van der Waals surface area (Å²) >= 11 is 0. The second-order valence-corrected chi connectivity index (χ2v) is 5.94. The van der Waals surface area contributed by atoms with E-state index in [4.69, 9.17) is 9.47 Å². The van der Waals surface area contributed by atoms with Gasteiger partial charge in [0.25, 0.3) is 5.91 Å². The summed E-state index contributed by atoms with van der Waals surface area (Å²) in [5, 5.41) is 13.6. The largest absolute Gasteiger partial charge is 0.504 e. The molecule has 0 heterocycles. The van der Waals surface area contributed by atoms with Crippen LogP contribution in [0.2, 0.25) is 0 Å². The Morgan fingerprint density at radius 1 is 0.964 bits per heavy atom. The third kappa shape index (κ3) is 4.48. The number of methoxy groups -OCH3 is 2. The minimum absolute atomic E-state index is 0.0408. The number of hydrogen-bond acceptors (Lipinski definition) is 5. The zero-order chi connectivity index (χ0) is 19.9. The molecule has 0 saturated carbocycles. The SMILES string of the molecule is COc1ccc(-c2cccc(C(=O)NN=Cc3ccc(O)c(OC)c3)c2)cc1. The third-order valence-corrected chi connectivity index (χ3v) is 4.13. The maximum atomic E-state index is 12.4. The lowest BCUT2D eigenvalue weighted by Gasteiger charge is -2.06. The van der Waals surface area contributed by atoms with Crippen LogP contribution in [0.1, 0.15) is 15.9 Å². The maximum absolute atomic E-state index is 12.4.